The fourth-order valence-corrected chi connectivity index (χ4v) is 2.64. The van der Waals surface area contributed by atoms with Crippen LogP contribution in [0.2, 0.25) is 5.02 Å². The van der Waals surface area contributed by atoms with E-state index in [1.807, 2.05) is 43.3 Å². The van der Waals surface area contributed by atoms with E-state index in [0.717, 1.165) is 11.3 Å². The largest absolute Gasteiger partial charge is 0.354 e. The molecule has 0 fully saturated rings. The van der Waals surface area contributed by atoms with Crippen molar-refractivity contribution in [1.82, 2.24) is 0 Å². The third-order valence-corrected chi connectivity index (χ3v) is 4.01. The number of rotatable bonds is 4. The number of nitrogens with one attached hydrogen (secondary N) is 2. The zero-order chi connectivity index (χ0) is 17.8. The number of carbonyl (C=O) groups is 1. The molecular formula is C20H16ClFN2O. The molecule has 0 heterocycles. The van der Waals surface area contributed by atoms with Crippen LogP contribution in [0.3, 0.4) is 0 Å². The number of para-hydroxylation sites is 2. The van der Waals surface area contributed by atoms with Crippen molar-refractivity contribution in [2.75, 3.05) is 10.6 Å². The van der Waals surface area contributed by atoms with Crippen LogP contribution in [0, 0.1) is 12.7 Å². The van der Waals surface area contributed by atoms with E-state index >= 15 is 0 Å². The van der Waals surface area contributed by atoms with Crippen molar-refractivity contribution in [3.8, 4) is 0 Å². The van der Waals surface area contributed by atoms with Gasteiger partial charge in [-0.25, -0.2) is 4.39 Å². The molecule has 3 aromatic carbocycles. The molecule has 25 heavy (non-hydrogen) atoms. The van der Waals surface area contributed by atoms with Gasteiger partial charge in [-0.3, -0.25) is 4.79 Å². The van der Waals surface area contributed by atoms with Gasteiger partial charge in [0.2, 0.25) is 0 Å². The molecule has 3 nitrogen and oxygen atoms in total. The Kier molecular flexibility index (Phi) is 5.00. The van der Waals surface area contributed by atoms with Crippen LogP contribution in [0.15, 0.2) is 66.7 Å². The number of halogens is 2. The van der Waals surface area contributed by atoms with Gasteiger partial charge in [0.15, 0.2) is 0 Å². The minimum absolute atomic E-state index is 0.0708. The summed E-state index contributed by atoms with van der Waals surface area (Å²) in [4.78, 5) is 12.4. The summed E-state index contributed by atoms with van der Waals surface area (Å²) in [5.41, 5.74) is 3.10. The van der Waals surface area contributed by atoms with Gasteiger partial charge < -0.3 is 10.6 Å². The summed E-state index contributed by atoms with van der Waals surface area (Å²) in [6.45, 7) is 2.01. The molecule has 126 valence electrons. The van der Waals surface area contributed by atoms with Crippen LogP contribution in [0.25, 0.3) is 0 Å². The highest BCUT2D eigenvalue weighted by molar-refractivity contribution is 6.34. The van der Waals surface area contributed by atoms with E-state index in [0.29, 0.717) is 11.4 Å². The Bertz CT molecular complexity index is 890. The van der Waals surface area contributed by atoms with Gasteiger partial charge in [0, 0.05) is 5.69 Å². The van der Waals surface area contributed by atoms with Crippen LogP contribution in [-0.4, -0.2) is 5.91 Å². The summed E-state index contributed by atoms with van der Waals surface area (Å²) in [7, 11) is 0. The van der Waals surface area contributed by atoms with Gasteiger partial charge in [-0.2, -0.15) is 0 Å². The molecule has 5 heteroatoms. The van der Waals surface area contributed by atoms with Gasteiger partial charge in [-0.05, 0) is 43.3 Å². The minimum atomic E-state index is -0.658. The molecule has 0 aromatic heterocycles. The molecule has 3 rings (SSSR count). The first-order chi connectivity index (χ1) is 12.0. The van der Waals surface area contributed by atoms with Crippen LogP contribution in [0.1, 0.15) is 15.9 Å². The topological polar surface area (TPSA) is 41.1 Å². The number of amides is 1. The van der Waals surface area contributed by atoms with Gasteiger partial charge in [-0.15, -0.1) is 0 Å². The van der Waals surface area contributed by atoms with E-state index < -0.39 is 11.7 Å². The van der Waals surface area contributed by atoms with Crippen molar-refractivity contribution < 1.29 is 9.18 Å². The Hall–Kier alpha value is -2.85. The second-order valence-corrected chi connectivity index (χ2v) is 5.99. The SMILES string of the molecule is Cc1ccc(Nc2ccccc2NC(=O)c2c(F)cccc2Cl)cc1. The molecule has 0 unspecified atom stereocenters. The van der Waals surface area contributed by atoms with Gasteiger partial charge in [0.25, 0.3) is 5.91 Å². The smallest absolute Gasteiger partial charge is 0.260 e. The number of hydrogen-bond donors (Lipinski definition) is 2. The van der Waals surface area contributed by atoms with Crippen LogP contribution in [-0.2, 0) is 0 Å². The van der Waals surface area contributed by atoms with Gasteiger partial charge >= 0.3 is 0 Å². The zero-order valence-electron chi connectivity index (χ0n) is 13.5. The Morgan fingerprint density at radius 3 is 2.28 bits per heavy atom. The maximum absolute atomic E-state index is 13.9. The van der Waals surface area contributed by atoms with Crippen LogP contribution < -0.4 is 10.6 Å². The Labute approximate surface area is 150 Å². The molecule has 1 amide bonds. The molecule has 0 atom stereocenters. The van der Waals surface area contributed by atoms with Crippen LogP contribution >= 0.6 is 11.6 Å². The molecule has 0 radical (unpaired) electrons. The molecule has 0 aliphatic carbocycles. The minimum Gasteiger partial charge on any atom is -0.354 e. The quantitative estimate of drug-likeness (QED) is 0.623. The first-order valence-electron chi connectivity index (χ1n) is 7.72. The summed E-state index contributed by atoms with van der Waals surface area (Å²) in [6.07, 6.45) is 0. The van der Waals surface area contributed by atoms with E-state index in [9.17, 15) is 9.18 Å². The van der Waals surface area contributed by atoms with Crippen LogP contribution in [0.4, 0.5) is 21.5 Å². The molecule has 2 N–H and O–H groups in total. The Morgan fingerprint density at radius 2 is 1.60 bits per heavy atom. The van der Waals surface area contributed by atoms with Crippen molar-refractivity contribution in [3.63, 3.8) is 0 Å². The van der Waals surface area contributed by atoms with E-state index in [1.165, 1.54) is 18.2 Å². The first-order valence-corrected chi connectivity index (χ1v) is 8.10. The Morgan fingerprint density at radius 1 is 0.920 bits per heavy atom. The highest BCUT2D eigenvalue weighted by atomic mass is 35.5. The standard InChI is InChI=1S/C20H16ClFN2O/c1-13-9-11-14(12-10-13)23-17-7-2-3-8-18(17)24-20(25)19-15(21)5-4-6-16(19)22/h2-12,23H,1H3,(H,24,25). The molecule has 0 saturated heterocycles. The average molecular weight is 355 g/mol. The summed E-state index contributed by atoms with van der Waals surface area (Å²) < 4.78 is 13.9. The normalized spacial score (nSPS) is 10.4. The summed E-state index contributed by atoms with van der Waals surface area (Å²) in [5.74, 6) is -1.25. The summed E-state index contributed by atoms with van der Waals surface area (Å²) >= 11 is 5.96. The lowest BCUT2D eigenvalue weighted by molar-refractivity contribution is 0.102. The predicted octanol–water partition coefficient (Wildman–Crippen LogP) is 5.78. The van der Waals surface area contributed by atoms with Crippen LogP contribution in [0.5, 0.6) is 0 Å². The van der Waals surface area contributed by atoms with Gasteiger partial charge in [0.05, 0.1) is 22.0 Å². The van der Waals surface area contributed by atoms with E-state index in [-0.39, 0.29) is 10.6 Å². The summed E-state index contributed by atoms with van der Waals surface area (Å²) in [5, 5.41) is 6.03. The lowest BCUT2D eigenvalue weighted by Gasteiger charge is -2.14. The highest BCUT2D eigenvalue weighted by Crippen LogP contribution is 2.27. The van der Waals surface area contributed by atoms with E-state index in [4.69, 9.17) is 11.6 Å². The maximum atomic E-state index is 13.9. The number of aryl methyl sites for hydroxylation is 1. The van der Waals surface area contributed by atoms with Crippen molar-refractivity contribution in [2.24, 2.45) is 0 Å². The Balaban J connectivity index is 1.86. The second kappa shape index (κ2) is 7.36. The molecular weight excluding hydrogens is 339 g/mol. The molecule has 0 bridgehead atoms. The number of hydrogen-bond acceptors (Lipinski definition) is 2. The predicted molar refractivity (Wildman–Crippen MR) is 100 cm³/mol. The lowest BCUT2D eigenvalue weighted by Crippen LogP contribution is -2.15. The molecule has 0 aliphatic heterocycles. The monoisotopic (exact) mass is 354 g/mol. The molecule has 0 saturated carbocycles. The average Bonchev–Trinajstić information content (AvgIpc) is 2.58. The van der Waals surface area contributed by atoms with Crippen molar-refractivity contribution in [3.05, 3.63) is 88.7 Å². The third kappa shape index (κ3) is 3.98. The molecule has 0 spiro atoms. The lowest BCUT2D eigenvalue weighted by atomic mass is 10.1. The van der Waals surface area contributed by atoms with Gasteiger partial charge in [0.1, 0.15) is 5.82 Å². The number of carbonyl (C=O) groups excluding carboxylic acids is 1. The maximum Gasteiger partial charge on any atom is 0.260 e. The van der Waals surface area contributed by atoms with E-state index in [1.54, 1.807) is 12.1 Å². The van der Waals surface area contributed by atoms with Crippen molar-refractivity contribution >= 4 is 34.6 Å². The first kappa shape index (κ1) is 17.0. The van der Waals surface area contributed by atoms with E-state index in [2.05, 4.69) is 10.6 Å². The fraction of sp³-hybridized carbons (Fsp3) is 0.0500. The van der Waals surface area contributed by atoms with Gasteiger partial charge in [-0.1, -0.05) is 47.5 Å². The zero-order valence-corrected chi connectivity index (χ0v) is 14.3. The van der Waals surface area contributed by atoms with Crippen molar-refractivity contribution in [1.29, 1.82) is 0 Å². The fourth-order valence-electron chi connectivity index (χ4n) is 2.39. The molecule has 0 aliphatic rings. The highest BCUT2D eigenvalue weighted by Gasteiger charge is 2.17. The number of anilines is 3. The number of benzene rings is 3. The summed E-state index contributed by atoms with van der Waals surface area (Å²) in [6, 6.07) is 19.2. The molecule has 3 aromatic rings. The van der Waals surface area contributed by atoms with Crippen molar-refractivity contribution in [2.45, 2.75) is 6.92 Å². The third-order valence-electron chi connectivity index (χ3n) is 3.70. The second-order valence-electron chi connectivity index (χ2n) is 5.59.